The van der Waals surface area contributed by atoms with Gasteiger partial charge < -0.3 is 9.73 Å². The molecule has 0 aliphatic rings. The highest BCUT2D eigenvalue weighted by Gasteiger charge is 2.16. The minimum Gasteiger partial charge on any atom is -0.461 e. The van der Waals surface area contributed by atoms with E-state index in [0.29, 0.717) is 12.0 Å². The fourth-order valence-electron chi connectivity index (χ4n) is 2.97. The van der Waals surface area contributed by atoms with Gasteiger partial charge in [0.15, 0.2) is 0 Å². The molecule has 2 rings (SSSR count). The summed E-state index contributed by atoms with van der Waals surface area (Å²) in [5.41, 5.74) is 2.39. The van der Waals surface area contributed by atoms with Crippen LogP contribution in [0.5, 0.6) is 0 Å². The summed E-state index contributed by atoms with van der Waals surface area (Å²) in [7, 11) is 0. The molecule has 0 aliphatic carbocycles. The van der Waals surface area contributed by atoms with Gasteiger partial charge >= 0.3 is 0 Å². The van der Waals surface area contributed by atoms with E-state index in [1.54, 1.807) is 0 Å². The van der Waals surface area contributed by atoms with Crippen molar-refractivity contribution in [2.75, 3.05) is 0 Å². The van der Waals surface area contributed by atoms with Crippen LogP contribution < -0.4 is 5.32 Å². The lowest BCUT2D eigenvalue weighted by Crippen LogP contribution is -2.32. The van der Waals surface area contributed by atoms with Gasteiger partial charge in [-0.1, -0.05) is 52.3 Å². The van der Waals surface area contributed by atoms with E-state index in [2.05, 4.69) is 57.3 Å². The van der Waals surface area contributed by atoms with Crippen LogP contribution in [0.3, 0.4) is 0 Å². The molecule has 116 valence electrons. The maximum absolute atomic E-state index is 6.09. The van der Waals surface area contributed by atoms with Crippen molar-refractivity contribution in [3.8, 4) is 0 Å². The highest BCUT2D eigenvalue weighted by Crippen LogP contribution is 2.27. The zero-order valence-electron chi connectivity index (χ0n) is 13.9. The molecule has 0 spiro atoms. The van der Waals surface area contributed by atoms with E-state index in [1.807, 2.05) is 0 Å². The van der Waals surface area contributed by atoms with Gasteiger partial charge in [0, 0.05) is 30.0 Å². The van der Waals surface area contributed by atoms with Crippen molar-refractivity contribution in [2.24, 2.45) is 5.92 Å². The van der Waals surface area contributed by atoms with Crippen molar-refractivity contribution in [2.45, 2.75) is 66.0 Å². The van der Waals surface area contributed by atoms with Gasteiger partial charge in [-0.15, -0.1) is 0 Å². The molecular weight excluding hydrogens is 258 g/mol. The molecule has 1 unspecified atom stereocenters. The molecule has 0 saturated heterocycles. The lowest BCUT2D eigenvalue weighted by molar-refractivity contribution is 0.385. The Bertz CT molecular complexity index is 556. The second kappa shape index (κ2) is 7.65. The summed E-state index contributed by atoms with van der Waals surface area (Å²) < 4.78 is 6.09. The van der Waals surface area contributed by atoms with Crippen molar-refractivity contribution in [1.82, 2.24) is 5.32 Å². The van der Waals surface area contributed by atoms with Crippen LogP contribution in [0.4, 0.5) is 0 Å². The van der Waals surface area contributed by atoms with Gasteiger partial charge in [0.25, 0.3) is 0 Å². The van der Waals surface area contributed by atoms with E-state index >= 15 is 0 Å². The lowest BCUT2D eigenvalue weighted by atomic mass is 10.0. The topological polar surface area (TPSA) is 25.2 Å². The van der Waals surface area contributed by atoms with Gasteiger partial charge in [0.05, 0.1) is 0 Å². The first-order valence-electron chi connectivity index (χ1n) is 8.40. The van der Waals surface area contributed by atoms with Crippen LogP contribution >= 0.6 is 0 Å². The maximum atomic E-state index is 6.09. The molecule has 0 fully saturated rings. The standard InChI is InChI=1S/C19H29NO/c1-5-7-11-19-16(13-20-17(6-2)14(3)4)15-10-8-9-12-18(15)21-19/h8-10,12,14,17,20H,5-7,11,13H2,1-4H3. The second-order valence-electron chi connectivity index (χ2n) is 6.24. The summed E-state index contributed by atoms with van der Waals surface area (Å²) in [4.78, 5) is 0. The number of fused-ring (bicyclic) bond motifs is 1. The minimum atomic E-state index is 0.567. The summed E-state index contributed by atoms with van der Waals surface area (Å²) in [6.07, 6.45) is 4.60. The first kappa shape index (κ1) is 16.1. The van der Waals surface area contributed by atoms with Gasteiger partial charge in [-0.05, 0) is 24.8 Å². The zero-order valence-corrected chi connectivity index (χ0v) is 13.9. The Balaban J connectivity index is 2.22. The van der Waals surface area contributed by atoms with Gasteiger partial charge in [-0.3, -0.25) is 0 Å². The molecule has 21 heavy (non-hydrogen) atoms. The molecule has 2 aromatic rings. The zero-order chi connectivity index (χ0) is 15.2. The summed E-state index contributed by atoms with van der Waals surface area (Å²) in [6, 6.07) is 8.98. The highest BCUT2D eigenvalue weighted by atomic mass is 16.3. The molecule has 1 aromatic carbocycles. The summed E-state index contributed by atoms with van der Waals surface area (Å²) in [6.45, 7) is 9.96. The van der Waals surface area contributed by atoms with Crippen LogP contribution in [0.1, 0.15) is 58.3 Å². The van der Waals surface area contributed by atoms with E-state index in [0.717, 1.165) is 25.0 Å². The van der Waals surface area contributed by atoms with E-state index in [-0.39, 0.29) is 0 Å². The predicted molar refractivity (Wildman–Crippen MR) is 90.6 cm³/mol. The molecule has 1 aromatic heterocycles. The molecule has 0 bridgehead atoms. The number of furan rings is 1. The molecule has 0 radical (unpaired) electrons. The van der Waals surface area contributed by atoms with Crippen LogP contribution in [-0.4, -0.2) is 6.04 Å². The Labute approximate surface area is 128 Å². The average Bonchev–Trinajstić information content (AvgIpc) is 2.83. The maximum Gasteiger partial charge on any atom is 0.134 e. The van der Waals surface area contributed by atoms with E-state index in [9.17, 15) is 0 Å². The Morgan fingerprint density at radius 2 is 1.90 bits per heavy atom. The van der Waals surface area contributed by atoms with Crippen LogP contribution in [0, 0.1) is 5.92 Å². The predicted octanol–water partition coefficient (Wildman–Crippen LogP) is 5.30. The number of para-hydroxylation sites is 1. The van der Waals surface area contributed by atoms with Crippen molar-refractivity contribution >= 4 is 11.0 Å². The Morgan fingerprint density at radius 1 is 1.14 bits per heavy atom. The number of unbranched alkanes of at least 4 members (excludes halogenated alkanes) is 1. The SMILES string of the molecule is CCCCc1oc2ccccc2c1CNC(CC)C(C)C. The summed E-state index contributed by atoms with van der Waals surface area (Å²) in [5, 5.41) is 4.99. The van der Waals surface area contributed by atoms with Gasteiger partial charge in [0.2, 0.25) is 0 Å². The molecule has 1 atom stereocenters. The van der Waals surface area contributed by atoms with Crippen LogP contribution in [0.25, 0.3) is 11.0 Å². The third kappa shape index (κ3) is 3.88. The summed E-state index contributed by atoms with van der Waals surface area (Å²) in [5.74, 6) is 1.83. The monoisotopic (exact) mass is 287 g/mol. The first-order valence-corrected chi connectivity index (χ1v) is 8.40. The molecular formula is C19H29NO. The highest BCUT2D eigenvalue weighted by molar-refractivity contribution is 5.82. The van der Waals surface area contributed by atoms with E-state index < -0.39 is 0 Å². The number of aryl methyl sites for hydroxylation is 1. The van der Waals surface area contributed by atoms with Crippen molar-refractivity contribution < 1.29 is 4.42 Å². The third-order valence-electron chi connectivity index (χ3n) is 4.32. The Hall–Kier alpha value is -1.28. The Kier molecular flexibility index (Phi) is 5.86. The van der Waals surface area contributed by atoms with E-state index in [4.69, 9.17) is 4.42 Å². The minimum absolute atomic E-state index is 0.567. The lowest BCUT2D eigenvalue weighted by Gasteiger charge is -2.20. The summed E-state index contributed by atoms with van der Waals surface area (Å²) >= 11 is 0. The van der Waals surface area contributed by atoms with Gasteiger partial charge in [-0.2, -0.15) is 0 Å². The van der Waals surface area contributed by atoms with Crippen LogP contribution in [-0.2, 0) is 13.0 Å². The van der Waals surface area contributed by atoms with Gasteiger partial charge in [-0.25, -0.2) is 0 Å². The fourth-order valence-corrected chi connectivity index (χ4v) is 2.97. The normalized spacial score (nSPS) is 13.2. The van der Waals surface area contributed by atoms with E-state index in [1.165, 1.54) is 29.6 Å². The average molecular weight is 287 g/mol. The van der Waals surface area contributed by atoms with Crippen LogP contribution in [0.2, 0.25) is 0 Å². The number of nitrogens with one attached hydrogen (secondary N) is 1. The smallest absolute Gasteiger partial charge is 0.134 e. The van der Waals surface area contributed by atoms with Crippen molar-refractivity contribution in [1.29, 1.82) is 0 Å². The Morgan fingerprint density at radius 3 is 2.57 bits per heavy atom. The number of benzene rings is 1. The molecule has 1 heterocycles. The molecule has 1 N–H and O–H groups in total. The third-order valence-corrected chi connectivity index (χ3v) is 4.32. The number of rotatable bonds is 8. The molecule has 0 amide bonds. The number of hydrogen-bond acceptors (Lipinski definition) is 2. The number of hydrogen-bond donors (Lipinski definition) is 1. The molecule has 0 saturated carbocycles. The van der Waals surface area contributed by atoms with Gasteiger partial charge in [0.1, 0.15) is 11.3 Å². The van der Waals surface area contributed by atoms with Crippen LogP contribution in [0.15, 0.2) is 28.7 Å². The molecule has 2 heteroatoms. The van der Waals surface area contributed by atoms with Crippen molar-refractivity contribution in [3.05, 3.63) is 35.6 Å². The first-order chi connectivity index (χ1) is 10.2. The van der Waals surface area contributed by atoms with Crippen molar-refractivity contribution in [3.63, 3.8) is 0 Å². The largest absolute Gasteiger partial charge is 0.461 e. The second-order valence-corrected chi connectivity index (χ2v) is 6.24. The molecule has 0 aliphatic heterocycles. The fraction of sp³-hybridized carbons (Fsp3) is 0.579. The quantitative estimate of drug-likeness (QED) is 0.712. The molecule has 2 nitrogen and oxygen atoms in total.